The maximum Gasteiger partial charge on any atom is 0.358 e. The van der Waals surface area contributed by atoms with E-state index in [1.165, 1.54) is 0 Å². The zero-order chi connectivity index (χ0) is 21.1. The van der Waals surface area contributed by atoms with Crippen LogP contribution >= 0.6 is 0 Å². The molecule has 4 rings (SSSR count). The predicted octanol–water partition coefficient (Wildman–Crippen LogP) is 0.323. The fourth-order valence-electron chi connectivity index (χ4n) is 3.17. The monoisotopic (exact) mass is 405 g/mol. The lowest BCUT2D eigenvalue weighted by atomic mass is 10.1. The molecule has 2 heterocycles. The molecule has 30 heavy (non-hydrogen) atoms. The van der Waals surface area contributed by atoms with E-state index in [-0.39, 0.29) is 24.2 Å². The molecule has 0 bridgehead atoms. The Morgan fingerprint density at radius 3 is 2.70 bits per heavy atom. The number of benzene rings is 2. The van der Waals surface area contributed by atoms with Crippen molar-refractivity contribution < 1.29 is 19.3 Å². The molecule has 152 valence electrons. The largest absolute Gasteiger partial charge is 0.497 e. The average Bonchev–Trinajstić information content (AvgIpc) is 2.74. The van der Waals surface area contributed by atoms with Crippen molar-refractivity contribution >= 4 is 40.3 Å². The number of hydrogen-bond acceptors (Lipinski definition) is 6. The van der Waals surface area contributed by atoms with Crippen molar-refractivity contribution in [3.05, 3.63) is 54.2 Å². The normalized spacial score (nSPS) is 15.9. The summed E-state index contributed by atoms with van der Waals surface area (Å²) < 4.78 is 5.11. The molecule has 2 amide bonds. The van der Waals surface area contributed by atoms with Gasteiger partial charge in [-0.25, -0.2) is 15.6 Å². The van der Waals surface area contributed by atoms with Gasteiger partial charge >= 0.3 is 5.96 Å². The van der Waals surface area contributed by atoms with Crippen molar-refractivity contribution in [1.29, 1.82) is 0 Å². The first-order chi connectivity index (χ1) is 14.5. The number of guanidine groups is 1. The van der Waals surface area contributed by atoms with Crippen LogP contribution in [0.25, 0.3) is 10.9 Å². The second-order valence-electron chi connectivity index (χ2n) is 6.82. The van der Waals surface area contributed by atoms with E-state index in [0.29, 0.717) is 17.4 Å². The van der Waals surface area contributed by atoms with Crippen molar-refractivity contribution in [3.63, 3.8) is 0 Å². The SMILES string of the molecule is COc1ccc(NC(=O)[C@H]2CC(=O)NC(Nc3nc(C)c4ccccc4n3)=[NH+]2)cc1. The van der Waals surface area contributed by atoms with Crippen LogP contribution < -0.4 is 25.7 Å². The van der Waals surface area contributed by atoms with Crippen molar-refractivity contribution in [2.24, 2.45) is 0 Å². The Hall–Kier alpha value is -4.01. The van der Waals surface area contributed by atoms with Gasteiger partial charge < -0.3 is 10.1 Å². The topological polar surface area (TPSA) is 119 Å². The van der Waals surface area contributed by atoms with Crippen LogP contribution in [0.2, 0.25) is 0 Å². The van der Waals surface area contributed by atoms with Gasteiger partial charge in [-0.15, -0.1) is 0 Å². The summed E-state index contributed by atoms with van der Waals surface area (Å²) in [6.45, 7) is 1.89. The number of para-hydroxylation sites is 1. The summed E-state index contributed by atoms with van der Waals surface area (Å²) in [5, 5.41) is 9.38. The number of carbonyl (C=O) groups excluding carboxylic acids is 2. The number of aryl methyl sites for hydroxylation is 1. The highest BCUT2D eigenvalue weighted by atomic mass is 16.5. The van der Waals surface area contributed by atoms with Gasteiger partial charge in [0.1, 0.15) is 5.75 Å². The molecule has 0 unspecified atom stereocenters. The number of fused-ring (bicyclic) bond motifs is 1. The van der Waals surface area contributed by atoms with Gasteiger partial charge in [0, 0.05) is 11.1 Å². The summed E-state index contributed by atoms with van der Waals surface area (Å²) in [6, 6.07) is 13.9. The minimum atomic E-state index is -0.745. The summed E-state index contributed by atoms with van der Waals surface area (Å²) >= 11 is 0. The minimum absolute atomic E-state index is 0.00474. The Kier molecular flexibility index (Phi) is 5.25. The Bertz CT molecular complexity index is 1140. The average molecular weight is 405 g/mol. The molecular weight excluding hydrogens is 384 g/mol. The fraction of sp³-hybridized carbons (Fsp3) is 0.190. The van der Waals surface area contributed by atoms with Crippen LogP contribution in [0.5, 0.6) is 5.75 Å². The Balaban J connectivity index is 1.52. The lowest BCUT2D eigenvalue weighted by Crippen LogP contribution is -2.89. The zero-order valence-electron chi connectivity index (χ0n) is 16.5. The molecule has 0 saturated carbocycles. The lowest BCUT2D eigenvalue weighted by molar-refractivity contribution is -0.490. The quantitative estimate of drug-likeness (QED) is 0.497. The Morgan fingerprint density at radius 1 is 1.17 bits per heavy atom. The van der Waals surface area contributed by atoms with E-state index in [1.807, 2.05) is 31.2 Å². The second kappa shape index (κ2) is 8.16. The molecule has 1 aliphatic rings. The predicted molar refractivity (Wildman–Crippen MR) is 112 cm³/mol. The van der Waals surface area contributed by atoms with E-state index >= 15 is 0 Å². The molecule has 1 aromatic heterocycles. The molecule has 3 aromatic rings. The first-order valence-electron chi connectivity index (χ1n) is 9.40. The number of ether oxygens (including phenoxy) is 1. The summed E-state index contributed by atoms with van der Waals surface area (Å²) in [4.78, 5) is 36.7. The van der Waals surface area contributed by atoms with Crippen LogP contribution in [0.15, 0.2) is 48.5 Å². The molecule has 2 aromatic carbocycles. The number of methoxy groups -OCH3 is 1. The maximum atomic E-state index is 12.6. The molecule has 9 heteroatoms. The molecule has 0 saturated heterocycles. The van der Waals surface area contributed by atoms with Crippen LogP contribution in [0.4, 0.5) is 11.6 Å². The van der Waals surface area contributed by atoms with E-state index in [1.54, 1.807) is 31.4 Å². The third-order valence-electron chi connectivity index (χ3n) is 4.68. The van der Waals surface area contributed by atoms with E-state index in [9.17, 15) is 9.59 Å². The highest BCUT2D eigenvalue weighted by Crippen LogP contribution is 2.17. The summed E-state index contributed by atoms with van der Waals surface area (Å²) in [5.41, 5.74) is 2.19. The van der Waals surface area contributed by atoms with Crippen molar-refractivity contribution in [3.8, 4) is 5.75 Å². The van der Waals surface area contributed by atoms with Crippen LogP contribution in [-0.2, 0) is 9.59 Å². The number of rotatable bonds is 4. The molecule has 0 fully saturated rings. The number of nitrogens with one attached hydrogen (secondary N) is 4. The van der Waals surface area contributed by atoms with Gasteiger partial charge in [0.2, 0.25) is 0 Å². The molecule has 0 spiro atoms. The number of carbonyl (C=O) groups is 2. The van der Waals surface area contributed by atoms with Gasteiger partial charge in [-0.05, 0) is 37.3 Å². The van der Waals surface area contributed by atoms with Crippen LogP contribution in [0.3, 0.4) is 0 Å². The van der Waals surface area contributed by atoms with Crippen LogP contribution in [0.1, 0.15) is 12.1 Å². The van der Waals surface area contributed by atoms with Crippen molar-refractivity contribution in [2.45, 2.75) is 19.4 Å². The molecule has 0 aliphatic carbocycles. The van der Waals surface area contributed by atoms with E-state index in [2.05, 4.69) is 30.9 Å². The van der Waals surface area contributed by atoms with Crippen LogP contribution in [-0.4, -0.2) is 40.9 Å². The second-order valence-corrected chi connectivity index (χ2v) is 6.82. The molecule has 0 radical (unpaired) electrons. The van der Waals surface area contributed by atoms with Gasteiger partial charge in [-0.3, -0.25) is 14.6 Å². The third-order valence-corrected chi connectivity index (χ3v) is 4.68. The maximum absolute atomic E-state index is 12.6. The smallest absolute Gasteiger partial charge is 0.358 e. The highest BCUT2D eigenvalue weighted by molar-refractivity contribution is 6.05. The molecule has 1 aliphatic heterocycles. The van der Waals surface area contributed by atoms with E-state index in [4.69, 9.17) is 4.74 Å². The zero-order valence-corrected chi connectivity index (χ0v) is 16.5. The minimum Gasteiger partial charge on any atom is -0.497 e. The number of aromatic nitrogens is 2. The lowest BCUT2D eigenvalue weighted by Gasteiger charge is -2.17. The first kappa shape index (κ1) is 19.3. The highest BCUT2D eigenvalue weighted by Gasteiger charge is 2.31. The number of hydrogen-bond donors (Lipinski definition) is 4. The standard InChI is InChI=1S/C21H20N6O3/c1-12-15-5-3-4-6-16(15)24-20(22-12)27-21-25-17(11-18(28)26-21)19(29)23-13-7-9-14(30-2)10-8-13/h3-10,17H,11H2,1-2H3,(H,23,29)(H2,22,24,25,26,27,28)/p+1/t17-/m1/s1. The van der Waals surface area contributed by atoms with Crippen molar-refractivity contribution in [2.75, 3.05) is 17.7 Å². The molecular formula is C21H21N6O3+. The fourth-order valence-corrected chi connectivity index (χ4v) is 3.17. The number of amides is 2. The summed E-state index contributed by atoms with van der Waals surface area (Å²) in [7, 11) is 1.57. The van der Waals surface area contributed by atoms with Crippen molar-refractivity contribution in [1.82, 2.24) is 15.3 Å². The third kappa shape index (κ3) is 4.19. The van der Waals surface area contributed by atoms with Gasteiger partial charge in [-0.1, -0.05) is 18.2 Å². The first-order valence-corrected chi connectivity index (χ1v) is 9.40. The van der Waals surface area contributed by atoms with E-state index < -0.39 is 6.04 Å². The van der Waals surface area contributed by atoms with Gasteiger partial charge in [-0.2, -0.15) is 4.98 Å². The summed E-state index contributed by atoms with van der Waals surface area (Å²) in [6.07, 6.45) is 0.00474. The molecule has 1 atom stereocenters. The molecule has 9 nitrogen and oxygen atoms in total. The van der Waals surface area contributed by atoms with E-state index in [0.717, 1.165) is 16.6 Å². The summed E-state index contributed by atoms with van der Waals surface area (Å²) in [5.74, 6) is 0.656. The van der Waals surface area contributed by atoms with Gasteiger partial charge in [0.25, 0.3) is 17.8 Å². The van der Waals surface area contributed by atoms with Crippen LogP contribution in [0, 0.1) is 6.92 Å². The Labute approximate surface area is 172 Å². The number of anilines is 2. The van der Waals surface area contributed by atoms with Gasteiger partial charge in [0.05, 0.1) is 24.7 Å². The molecule has 4 N–H and O–H groups in total. The number of nitrogens with zero attached hydrogens (tertiary/aromatic N) is 2. The van der Waals surface area contributed by atoms with Gasteiger partial charge in [0.15, 0.2) is 6.04 Å². The Morgan fingerprint density at radius 2 is 1.93 bits per heavy atom.